The lowest BCUT2D eigenvalue weighted by atomic mass is 10.2. The molecule has 3 heteroatoms. The minimum Gasteiger partial charge on any atom is -0.391 e. The summed E-state index contributed by atoms with van der Waals surface area (Å²) in [7, 11) is 0. The van der Waals surface area contributed by atoms with Gasteiger partial charge in [0.1, 0.15) is 0 Å². The van der Waals surface area contributed by atoms with Gasteiger partial charge in [0.15, 0.2) is 0 Å². The third kappa shape index (κ3) is 2.66. The maximum Gasteiger partial charge on any atom is 0.210 e. The summed E-state index contributed by atoms with van der Waals surface area (Å²) in [4.78, 5) is 11.8. The van der Waals surface area contributed by atoms with E-state index in [9.17, 15) is 4.79 Å². The van der Waals surface area contributed by atoms with Crippen molar-refractivity contribution >= 4 is 6.41 Å². The third-order valence-electron chi connectivity index (χ3n) is 1.77. The molecule has 0 aromatic rings. The second kappa shape index (κ2) is 5.77. The lowest BCUT2D eigenvalue weighted by molar-refractivity contribution is -0.118. The molecule has 1 aliphatic rings. The van der Waals surface area contributed by atoms with Gasteiger partial charge in [-0.05, 0) is 6.42 Å². The van der Waals surface area contributed by atoms with Gasteiger partial charge in [-0.3, -0.25) is 4.79 Å². The van der Waals surface area contributed by atoms with Gasteiger partial charge in [-0.2, -0.15) is 0 Å². The molecular weight excluding hydrogens is 154 g/mol. The zero-order chi connectivity index (χ0) is 9.56. The van der Waals surface area contributed by atoms with Crippen molar-refractivity contribution in [3.63, 3.8) is 0 Å². The van der Waals surface area contributed by atoms with Gasteiger partial charge < -0.3 is 10.0 Å². The smallest absolute Gasteiger partial charge is 0.210 e. The second-order valence-corrected chi connectivity index (χ2v) is 2.49. The van der Waals surface area contributed by atoms with E-state index in [1.165, 1.54) is 0 Å². The molecule has 1 fully saturated rings. The molecule has 2 atom stereocenters. The molecule has 70 valence electrons. The summed E-state index contributed by atoms with van der Waals surface area (Å²) < 4.78 is 0. The Hall–Kier alpha value is -0.830. The van der Waals surface area contributed by atoms with Crippen LogP contribution in [0, 0.1) is 0 Å². The number of carbonyl (C=O) groups is 1. The van der Waals surface area contributed by atoms with E-state index in [-0.39, 0.29) is 12.1 Å². The first-order valence-corrected chi connectivity index (χ1v) is 4.29. The van der Waals surface area contributed by atoms with Crippen LogP contribution in [0.25, 0.3) is 0 Å². The molecule has 0 bridgehead atoms. The van der Waals surface area contributed by atoms with Crippen LogP contribution in [0.5, 0.6) is 0 Å². The fourth-order valence-corrected chi connectivity index (χ4v) is 1.22. The fourth-order valence-electron chi connectivity index (χ4n) is 1.22. The monoisotopic (exact) mass is 171 g/mol. The van der Waals surface area contributed by atoms with Gasteiger partial charge in [0.05, 0.1) is 12.1 Å². The van der Waals surface area contributed by atoms with E-state index < -0.39 is 0 Å². The van der Waals surface area contributed by atoms with Gasteiger partial charge in [0.25, 0.3) is 0 Å². The number of β-amino-alcohol motifs (C(OH)–C–C–N with tert-alkyl or cyclic N) is 1. The number of amides is 1. The van der Waals surface area contributed by atoms with Crippen molar-refractivity contribution < 1.29 is 9.90 Å². The SMILES string of the molecule is C=C[C@@H]1C[C@@H](O)CN1C=O.CC. The summed E-state index contributed by atoms with van der Waals surface area (Å²) in [6.07, 6.45) is 2.70. The van der Waals surface area contributed by atoms with Crippen molar-refractivity contribution in [3.8, 4) is 0 Å². The van der Waals surface area contributed by atoms with Crippen molar-refractivity contribution in [2.45, 2.75) is 32.4 Å². The Bertz CT molecular complexity index is 131. The van der Waals surface area contributed by atoms with E-state index >= 15 is 0 Å². The van der Waals surface area contributed by atoms with Crippen molar-refractivity contribution in [3.05, 3.63) is 12.7 Å². The maximum absolute atomic E-state index is 10.3. The number of hydrogen-bond acceptors (Lipinski definition) is 2. The fraction of sp³-hybridized carbons (Fsp3) is 0.667. The van der Waals surface area contributed by atoms with Gasteiger partial charge >= 0.3 is 0 Å². The molecule has 1 N–H and O–H groups in total. The van der Waals surface area contributed by atoms with Gasteiger partial charge in [-0.1, -0.05) is 19.9 Å². The summed E-state index contributed by atoms with van der Waals surface area (Å²) >= 11 is 0. The first kappa shape index (κ1) is 11.2. The Morgan fingerprint density at radius 3 is 2.50 bits per heavy atom. The zero-order valence-electron chi connectivity index (χ0n) is 7.73. The van der Waals surface area contributed by atoms with Crippen molar-refractivity contribution in [1.82, 2.24) is 4.90 Å². The Morgan fingerprint density at radius 1 is 1.58 bits per heavy atom. The van der Waals surface area contributed by atoms with E-state index in [2.05, 4.69) is 6.58 Å². The molecule has 1 rings (SSSR count). The largest absolute Gasteiger partial charge is 0.391 e. The maximum atomic E-state index is 10.3. The summed E-state index contributed by atoms with van der Waals surface area (Å²) in [5, 5.41) is 9.08. The first-order valence-electron chi connectivity index (χ1n) is 4.29. The van der Waals surface area contributed by atoms with Crippen molar-refractivity contribution in [2.75, 3.05) is 6.54 Å². The Labute approximate surface area is 73.7 Å². The molecular formula is C9H17NO2. The molecule has 1 amide bonds. The predicted molar refractivity (Wildman–Crippen MR) is 48.7 cm³/mol. The number of aliphatic hydroxyl groups is 1. The number of likely N-dealkylation sites (tertiary alicyclic amines) is 1. The summed E-state index contributed by atoms with van der Waals surface area (Å²) in [5.41, 5.74) is 0. The Balaban J connectivity index is 0.000000561. The van der Waals surface area contributed by atoms with Crippen LogP contribution in [0.2, 0.25) is 0 Å². The highest BCUT2D eigenvalue weighted by molar-refractivity contribution is 5.49. The highest BCUT2D eigenvalue weighted by Gasteiger charge is 2.26. The average molecular weight is 171 g/mol. The van der Waals surface area contributed by atoms with Gasteiger partial charge in [-0.15, -0.1) is 6.58 Å². The van der Waals surface area contributed by atoms with Gasteiger partial charge in [0, 0.05) is 6.54 Å². The van der Waals surface area contributed by atoms with Crippen molar-refractivity contribution in [1.29, 1.82) is 0 Å². The van der Waals surface area contributed by atoms with Crippen LogP contribution in [0.4, 0.5) is 0 Å². The number of carbonyl (C=O) groups excluding carboxylic acids is 1. The average Bonchev–Trinajstić information content (AvgIpc) is 2.49. The minimum atomic E-state index is -0.367. The molecule has 0 spiro atoms. The Morgan fingerprint density at radius 2 is 2.17 bits per heavy atom. The second-order valence-electron chi connectivity index (χ2n) is 2.49. The lowest BCUT2D eigenvalue weighted by Gasteiger charge is -2.14. The highest BCUT2D eigenvalue weighted by Crippen LogP contribution is 2.15. The van der Waals surface area contributed by atoms with Gasteiger partial charge in [-0.25, -0.2) is 0 Å². The molecule has 0 unspecified atom stereocenters. The lowest BCUT2D eigenvalue weighted by Crippen LogP contribution is -2.26. The summed E-state index contributed by atoms with van der Waals surface area (Å²) in [6.45, 7) is 8.01. The van der Waals surface area contributed by atoms with Crippen LogP contribution in [-0.4, -0.2) is 35.1 Å². The molecule has 1 heterocycles. The molecule has 0 aromatic carbocycles. The number of aliphatic hydroxyl groups excluding tert-OH is 1. The first-order chi connectivity index (χ1) is 5.77. The summed E-state index contributed by atoms with van der Waals surface area (Å²) in [5.74, 6) is 0. The molecule has 0 aromatic heterocycles. The van der Waals surface area contributed by atoms with E-state index in [4.69, 9.17) is 5.11 Å². The standard InChI is InChI=1S/C7H11NO2.C2H6/c1-2-6-3-7(10)4-8(6)5-9;1-2/h2,5-7,10H,1,3-4H2;1-2H3/t6-,7-;/m1./s1. The Kier molecular flexibility index (Phi) is 5.37. The normalized spacial score (nSPS) is 27.4. The molecule has 0 radical (unpaired) electrons. The van der Waals surface area contributed by atoms with E-state index in [1.54, 1.807) is 11.0 Å². The van der Waals surface area contributed by atoms with Crippen molar-refractivity contribution in [2.24, 2.45) is 0 Å². The molecule has 12 heavy (non-hydrogen) atoms. The summed E-state index contributed by atoms with van der Waals surface area (Å²) in [6, 6.07) is 0.0347. The van der Waals surface area contributed by atoms with Crippen LogP contribution in [0.1, 0.15) is 20.3 Å². The topological polar surface area (TPSA) is 40.5 Å². The number of hydrogen-bond donors (Lipinski definition) is 1. The van der Waals surface area contributed by atoms with Gasteiger partial charge in [0.2, 0.25) is 6.41 Å². The molecule has 1 saturated heterocycles. The van der Waals surface area contributed by atoms with Crippen LogP contribution in [0.15, 0.2) is 12.7 Å². The minimum absolute atomic E-state index is 0.0347. The van der Waals surface area contributed by atoms with Crippen LogP contribution >= 0.6 is 0 Å². The molecule has 0 saturated carbocycles. The van der Waals surface area contributed by atoms with Crippen LogP contribution < -0.4 is 0 Å². The quantitative estimate of drug-likeness (QED) is 0.493. The van der Waals surface area contributed by atoms with E-state index in [0.29, 0.717) is 13.0 Å². The van der Waals surface area contributed by atoms with E-state index in [1.807, 2.05) is 13.8 Å². The third-order valence-corrected chi connectivity index (χ3v) is 1.77. The zero-order valence-corrected chi connectivity index (χ0v) is 7.73. The number of rotatable bonds is 2. The molecule has 1 aliphatic heterocycles. The molecule has 3 nitrogen and oxygen atoms in total. The van der Waals surface area contributed by atoms with E-state index in [0.717, 1.165) is 6.41 Å². The molecule has 0 aliphatic carbocycles. The van der Waals surface area contributed by atoms with Crippen LogP contribution in [-0.2, 0) is 4.79 Å². The van der Waals surface area contributed by atoms with Crippen LogP contribution in [0.3, 0.4) is 0 Å². The highest BCUT2D eigenvalue weighted by atomic mass is 16.3. The predicted octanol–water partition coefficient (Wildman–Crippen LogP) is 0.790. The number of nitrogens with zero attached hydrogens (tertiary/aromatic N) is 1.